The number of hydrogen-bond donors (Lipinski definition) is 5. The number of aliphatic hydroxyl groups excluding tert-OH is 2. The number of likely N-dealkylation sites (N-methyl/N-ethyl adjacent to an activating group) is 1. The zero-order valence-corrected chi connectivity index (χ0v) is 24.0. The van der Waals surface area contributed by atoms with Crippen LogP contribution >= 0.6 is 0 Å². The Morgan fingerprint density at radius 1 is 1.17 bits per heavy atom. The number of carbonyl (C=O) groups is 3. The number of aliphatic hydroxyl groups is 3. The molecule has 3 aliphatic carbocycles. The fourth-order valence-corrected chi connectivity index (χ4v) is 6.86. The number of halogens is 3. The maximum Gasteiger partial charge on any atom is 0.391 e. The largest absolute Gasteiger partial charge is 0.508 e. The van der Waals surface area contributed by atoms with E-state index >= 15 is 0 Å². The van der Waals surface area contributed by atoms with Crippen LogP contribution in [-0.4, -0.2) is 88.8 Å². The van der Waals surface area contributed by atoms with E-state index in [1.54, 1.807) is 25.1 Å². The molecular formula is C29H36F3N3O7. The van der Waals surface area contributed by atoms with Crippen molar-refractivity contribution in [1.29, 1.82) is 0 Å². The van der Waals surface area contributed by atoms with Crippen LogP contribution in [-0.2, 0) is 27.2 Å². The normalized spacial score (nSPS) is 26.7. The maximum atomic E-state index is 14.0. The molecule has 0 heterocycles. The van der Waals surface area contributed by atoms with Crippen LogP contribution in [0.25, 0.3) is 5.76 Å². The molecule has 0 aliphatic heterocycles. The molecule has 10 nitrogen and oxygen atoms in total. The highest BCUT2D eigenvalue weighted by Gasteiger charge is 2.64. The van der Waals surface area contributed by atoms with E-state index in [1.165, 1.54) is 25.9 Å². The molecule has 1 amide bonds. The lowest BCUT2D eigenvalue weighted by Gasteiger charge is -2.50. The molecule has 1 aromatic carbocycles. The Balaban J connectivity index is 1.91. The number of alkyl halides is 3. The van der Waals surface area contributed by atoms with Crippen molar-refractivity contribution in [2.45, 2.75) is 56.8 Å². The van der Waals surface area contributed by atoms with Gasteiger partial charge < -0.3 is 31.1 Å². The van der Waals surface area contributed by atoms with Crippen molar-refractivity contribution < 1.29 is 48.0 Å². The van der Waals surface area contributed by atoms with Crippen LogP contribution in [0.2, 0.25) is 0 Å². The average Bonchev–Trinajstić information content (AvgIpc) is 2.86. The van der Waals surface area contributed by atoms with Crippen molar-refractivity contribution in [3.63, 3.8) is 0 Å². The van der Waals surface area contributed by atoms with Crippen LogP contribution in [0.4, 0.5) is 18.9 Å². The quantitative estimate of drug-likeness (QED) is 0.298. The molecule has 42 heavy (non-hydrogen) atoms. The van der Waals surface area contributed by atoms with E-state index in [0.717, 1.165) is 0 Å². The van der Waals surface area contributed by atoms with E-state index < -0.39 is 75.9 Å². The van der Waals surface area contributed by atoms with Crippen molar-refractivity contribution in [3.05, 3.63) is 39.7 Å². The number of ketones is 2. The SMILES string of the molecule is CCC(CCc1cc(N(C)C)c2c(c1O)C(O)=C1C(=O)[C@]3(O)C(O)=C(C(N)=O)C(=O)C(N(C)C)[C@H]3C[C@@H]1C2)C(F)(F)F. The van der Waals surface area contributed by atoms with Crippen LogP contribution < -0.4 is 10.6 Å². The van der Waals surface area contributed by atoms with Gasteiger partial charge in [0.25, 0.3) is 5.91 Å². The second-order valence-electron chi connectivity index (χ2n) is 11.8. The molecule has 230 valence electrons. The maximum absolute atomic E-state index is 14.0. The molecule has 1 fully saturated rings. The van der Waals surface area contributed by atoms with Crippen LogP contribution in [0.5, 0.6) is 5.75 Å². The fourth-order valence-electron chi connectivity index (χ4n) is 6.86. The Kier molecular flexibility index (Phi) is 7.92. The summed E-state index contributed by atoms with van der Waals surface area (Å²) < 4.78 is 40.3. The second-order valence-corrected chi connectivity index (χ2v) is 11.8. The number of Topliss-reactive ketones (excluding diaryl/α,β-unsaturated/α-hetero) is 2. The lowest BCUT2D eigenvalue weighted by molar-refractivity contribution is -0.176. The van der Waals surface area contributed by atoms with Gasteiger partial charge in [0.05, 0.1) is 17.5 Å². The number of rotatable bonds is 7. The summed E-state index contributed by atoms with van der Waals surface area (Å²) in [6.07, 6.45) is -5.04. The van der Waals surface area contributed by atoms with E-state index in [-0.39, 0.29) is 48.8 Å². The molecule has 0 radical (unpaired) electrons. The summed E-state index contributed by atoms with van der Waals surface area (Å²) in [6.45, 7) is 1.42. The minimum atomic E-state index is -4.42. The molecule has 0 spiro atoms. The number of hydrogen-bond acceptors (Lipinski definition) is 9. The molecule has 4 rings (SSSR count). The van der Waals surface area contributed by atoms with Crippen LogP contribution in [0.15, 0.2) is 23.0 Å². The van der Waals surface area contributed by atoms with Crippen molar-refractivity contribution in [2.75, 3.05) is 33.1 Å². The van der Waals surface area contributed by atoms with Gasteiger partial charge in [0.2, 0.25) is 5.78 Å². The Hall–Kier alpha value is -3.58. The molecule has 0 bridgehead atoms. The van der Waals surface area contributed by atoms with Gasteiger partial charge in [-0.05, 0) is 69.3 Å². The Morgan fingerprint density at radius 3 is 2.29 bits per heavy atom. The molecule has 3 aliphatic rings. The Morgan fingerprint density at radius 2 is 1.79 bits per heavy atom. The standard InChI is InChI=1S/C29H36F3N3O7/c1-6-14(29(30,31)32)8-7-12-11-17(34(2)3)15-9-13-10-16-21(35(4)5)24(38)20(27(33)41)26(40)28(16,42)25(39)18(13)23(37)19(15)22(12)36/h11,13-14,16,21,36-37,40,42H,6-10H2,1-5H3,(H2,33,41)/t13-,14?,16+,21?,28-/m0/s1. The van der Waals surface area contributed by atoms with Gasteiger partial charge in [-0.15, -0.1) is 0 Å². The summed E-state index contributed by atoms with van der Waals surface area (Å²) in [5.74, 6) is -9.26. The molecule has 0 saturated heterocycles. The van der Waals surface area contributed by atoms with Crippen LogP contribution in [0.1, 0.15) is 42.9 Å². The summed E-state index contributed by atoms with van der Waals surface area (Å²) in [6, 6.07) is 0.364. The summed E-state index contributed by atoms with van der Waals surface area (Å²) in [7, 11) is 6.41. The number of benzene rings is 1. The Labute approximate surface area is 240 Å². The molecule has 2 unspecified atom stereocenters. The highest BCUT2D eigenvalue weighted by molar-refractivity contribution is 6.24. The predicted octanol–water partition coefficient (Wildman–Crippen LogP) is 2.55. The van der Waals surface area contributed by atoms with Gasteiger partial charge in [0.15, 0.2) is 11.4 Å². The van der Waals surface area contributed by atoms with Crippen molar-refractivity contribution in [3.8, 4) is 5.75 Å². The summed E-state index contributed by atoms with van der Waals surface area (Å²) >= 11 is 0. The molecule has 5 atom stereocenters. The number of fused-ring (bicyclic) bond motifs is 3. The highest BCUT2D eigenvalue weighted by Crippen LogP contribution is 2.54. The number of nitrogens with two attached hydrogens (primary N) is 1. The number of phenols is 1. The topological polar surface area (TPSA) is 165 Å². The first kappa shape index (κ1) is 31.4. The van der Waals surface area contributed by atoms with Gasteiger partial charge in [0, 0.05) is 31.3 Å². The monoisotopic (exact) mass is 595 g/mol. The zero-order valence-electron chi connectivity index (χ0n) is 24.0. The minimum absolute atomic E-state index is 0.0646. The fraction of sp³-hybridized carbons (Fsp3) is 0.552. The predicted molar refractivity (Wildman–Crippen MR) is 147 cm³/mol. The second kappa shape index (κ2) is 10.6. The molecule has 6 N–H and O–H groups in total. The van der Waals surface area contributed by atoms with Crippen molar-refractivity contribution in [2.24, 2.45) is 23.5 Å². The zero-order chi connectivity index (χ0) is 31.6. The number of anilines is 1. The van der Waals surface area contributed by atoms with E-state index in [4.69, 9.17) is 5.73 Å². The van der Waals surface area contributed by atoms with E-state index in [0.29, 0.717) is 11.3 Å². The molecule has 13 heteroatoms. The van der Waals surface area contributed by atoms with E-state index in [1.807, 2.05) is 0 Å². The van der Waals surface area contributed by atoms with E-state index in [2.05, 4.69) is 0 Å². The molecule has 1 saturated carbocycles. The first-order chi connectivity index (χ1) is 19.4. The highest BCUT2D eigenvalue weighted by atomic mass is 19.4. The smallest absolute Gasteiger partial charge is 0.391 e. The third-order valence-corrected chi connectivity index (χ3v) is 8.98. The van der Waals surface area contributed by atoms with Crippen molar-refractivity contribution in [1.82, 2.24) is 4.90 Å². The first-order valence-electron chi connectivity index (χ1n) is 13.7. The van der Waals surface area contributed by atoms with E-state index in [9.17, 15) is 48.0 Å². The number of primary amides is 1. The summed E-state index contributed by atoms with van der Waals surface area (Å²) in [5, 5.41) is 45.4. The average molecular weight is 596 g/mol. The number of nitrogens with zero attached hydrogens (tertiary/aromatic N) is 2. The number of phenolic OH excluding ortho intramolecular Hbond substituents is 1. The van der Waals surface area contributed by atoms with Crippen LogP contribution in [0, 0.1) is 17.8 Å². The number of aryl methyl sites for hydroxylation is 1. The van der Waals surface area contributed by atoms with Gasteiger partial charge in [0.1, 0.15) is 22.8 Å². The number of carbonyl (C=O) groups excluding carboxylic acids is 3. The summed E-state index contributed by atoms with van der Waals surface area (Å²) in [4.78, 5) is 42.4. The van der Waals surface area contributed by atoms with Crippen molar-refractivity contribution >= 4 is 28.9 Å². The number of aromatic hydroxyl groups is 1. The first-order valence-corrected chi connectivity index (χ1v) is 13.7. The van der Waals surface area contributed by atoms with Gasteiger partial charge in [-0.2, -0.15) is 13.2 Å². The van der Waals surface area contributed by atoms with Gasteiger partial charge in [-0.1, -0.05) is 6.92 Å². The van der Waals surface area contributed by atoms with Gasteiger partial charge >= 0.3 is 6.18 Å². The van der Waals surface area contributed by atoms with Gasteiger partial charge in [-0.25, -0.2) is 0 Å². The minimum Gasteiger partial charge on any atom is -0.508 e. The lowest BCUT2D eigenvalue weighted by atomic mass is 9.57. The lowest BCUT2D eigenvalue weighted by Crippen LogP contribution is -2.65. The van der Waals surface area contributed by atoms with Gasteiger partial charge in [-0.3, -0.25) is 19.3 Å². The third kappa shape index (κ3) is 4.62. The number of amides is 1. The van der Waals surface area contributed by atoms with Crippen LogP contribution in [0.3, 0.4) is 0 Å². The molecule has 0 aromatic heterocycles. The summed E-state index contributed by atoms with van der Waals surface area (Å²) in [5.41, 5.74) is 2.28. The molecule has 1 aromatic rings. The molecular weight excluding hydrogens is 559 g/mol. The third-order valence-electron chi connectivity index (χ3n) is 8.98. The Bertz CT molecular complexity index is 1420.